The van der Waals surface area contributed by atoms with Gasteiger partial charge in [0, 0.05) is 26.7 Å². The molecule has 0 bridgehead atoms. The number of carbonyl (C=O) groups is 1. The monoisotopic (exact) mass is 412 g/mol. The van der Waals surface area contributed by atoms with Gasteiger partial charge in [0.25, 0.3) is 0 Å². The van der Waals surface area contributed by atoms with Crippen LogP contribution in [-0.2, 0) is 17.9 Å². The van der Waals surface area contributed by atoms with Crippen LogP contribution in [0, 0.1) is 5.92 Å². The lowest BCUT2D eigenvalue weighted by atomic mass is 9.98. The maximum Gasteiger partial charge on any atom is 0.225 e. The van der Waals surface area contributed by atoms with E-state index >= 15 is 0 Å². The Morgan fingerprint density at radius 3 is 2.42 bits per heavy atom. The SMILES string of the molecule is CNC(=O)C1CN(Cc2ccc(OCc3ccc(Cl)c(Cl)c3)c(Cl)c2)C1. The minimum Gasteiger partial charge on any atom is -0.487 e. The fourth-order valence-corrected chi connectivity index (χ4v) is 3.46. The van der Waals surface area contributed by atoms with Crippen LogP contribution >= 0.6 is 34.8 Å². The van der Waals surface area contributed by atoms with Crippen LogP contribution in [0.5, 0.6) is 5.75 Å². The number of benzene rings is 2. The van der Waals surface area contributed by atoms with E-state index in [0.717, 1.165) is 30.8 Å². The normalized spacial score (nSPS) is 14.8. The molecule has 1 amide bonds. The van der Waals surface area contributed by atoms with Crippen molar-refractivity contribution in [2.24, 2.45) is 5.92 Å². The summed E-state index contributed by atoms with van der Waals surface area (Å²) in [7, 11) is 1.67. The Labute approximate surface area is 168 Å². The lowest BCUT2D eigenvalue weighted by Gasteiger charge is -2.38. The van der Waals surface area contributed by atoms with Gasteiger partial charge in [-0.15, -0.1) is 0 Å². The fraction of sp³-hybridized carbons (Fsp3) is 0.316. The Hall–Kier alpha value is -1.46. The number of likely N-dealkylation sites (tertiary alicyclic amines) is 1. The Bertz CT molecular complexity index is 807. The molecule has 0 radical (unpaired) electrons. The smallest absolute Gasteiger partial charge is 0.225 e. The molecule has 0 saturated carbocycles. The second-order valence-corrected chi connectivity index (χ2v) is 7.53. The Kier molecular flexibility index (Phi) is 6.30. The molecule has 1 N–H and O–H groups in total. The first-order valence-electron chi connectivity index (χ1n) is 8.25. The van der Waals surface area contributed by atoms with Crippen LogP contribution in [0.15, 0.2) is 36.4 Å². The summed E-state index contributed by atoms with van der Waals surface area (Å²) in [5, 5.41) is 4.26. The topological polar surface area (TPSA) is 41.6 Å². The number of hydrogen-bond donors (Lipinski definition) is 1. The number of ether oxygens (including phenoxy) is 1. The molecule has 1 aliphatic rings. The predicted molar refractivity (Wildman–Crippen MR) is 105 cm³/mol. The van der Waals surface area contributed by atoms with Crippen molar-refractivity contribution >= 4 is 40.7 Å². The minimum absolute atomic E-state index is 0.0873. The average Bonchev–Trinajstić information content (AvgIpc) is 2.59. The van der Waals surface area contributed by atoms with Crippen molar-refractivity contribution in [3.8, 4) is 5.75 Å². The van der Waals surface area contributed by atoms with Gasteiger partial charge in [-0.05, 0) is 35.4 Å². The lowest BCUT2D eigenvalue weighted by Crippen LogP contribution is -2.52. The van der Waals surface area contributed by atoms with Gasteiger partial charge in [0.2, 0.25) is 5.91 Å². The van der Waals surface area contributed by atoms with Gasteiger partial charge in [0.05, 0.1) is 21.0 Å². The molecule has 0 spiro atoms. The summed E-state index contributed by atoms with van der Waals surface area (Å²) < 4.78 is 5.78. The average molecular weight is 414 g/mol. The van der Waals surface area contributed by atoms with Crippen LogP contribution in [-0.4, -0.2) is 30.9 Å². The van der Waals surface area contributed by atoms with E-state index in [1.165, 1.54) is 0 Å². The van der Waals surface area contributed by atoms with E-state index in [9.17, 15) is 4.79 Å². The van der Waals surface area contributed by atoms with Crippen LogP contribution < -0.4 is 10.1 Å². The summed E-state index contributed by atoms with van der Waals surface area (Å²) in [5.74, 6) is 0.808. The summed E-state index contributed by atoms with van der Waals surface area (Å²) in [5.41, 5.74) is 2.01. The second kappa shape index (κ2) is 8.49. The van der Waals surface area contributed by atoms with Gasteiger partial charge < -0.3 is 10.1 Å². The first-order chi connectivity index (χ1) is 12.5. The molecule has 0 atom stereocenters. The molecule has 2 aromatic carbocycles. The molecular weight excluding hydrogens is 395 g/mol. The third-order valence-electron chi connectivity index (χ3n) is 4.36. The molecule has 4 nitrogen and oxygen atoms in total. The van der Waals surface area contributed by atoms with E-state index < -0.39 is 0 Å². The van der Waals surface area contributed by atoms with Crippen LogP contribution in [0.4, 0.5) is 0 Å². The Morgan fingerprint density at radius 1 is 1.08 bits per heavy atom. The van der Waals surface area contributed by atoms with Crippen LogP contribution in [0.2, 0.25) is 15.1 Å². The van der Waals surface area contributed by atoms with Gasteiger partial charge in [0.1, 0.15) is 12.4 Å². The molecule has 1 saturated heterocycles. The third-order valence-corrected chi connectivity index (χ3v) is 5.39. The number of rotatable bonds is 6. The zero-order valence-corrected chi connectivity index (χ0v) is 16.5. The van der Waals surface area contributed by atoms with Gasteiger partial charge >= 0.3 is 0 Å². The van der Waals surface area contributed by atoms with Gasteiger partial charge in [-0.25, -0.2) is 0 Å². The predicted octanol–water partition coefficient (Wildman–Crippen LogP) is 4.40. The van der Waals surface area contributed by atoms with Crippen molar-refractivity contribution in [2.75, 3.05) is 20.1 Å². The number of nitrogens with zero attached hydrogens (tertiary/aromatic N) is 1. The summed E-state index contributed by atoms with van der Waals surface area (Å²) in [6, 6.07) is 11.1. The van der Waals surface area contributed by atoms with Crippen molar-refractivity contribution in [1.29, 1.82) is 0 Å². The molecule has 2 aromatic rings. The summed E-state index contributed by atoms with van der Waals surface area (Å²) >= 11 is 18.3. The lowest BCUT2D eigenvalue weighted by molar-refractivity contribution is -0.129. The highest BCUT2D eigenvalue weighted by Crippen LogP contribution is 2.29. The molecular formula is C19H19Cl3N2O2. The maximum atomic E-state index is 11.5. The van der Waals surface area contributed by atoms with E-state index in [1.807, 2.05) is 24.3 Å². The zero-order chi connectivity index (χ0) is 18.7. The van der Waals surface area contributed by atoms with Crippen molar-refractivity contribution in [2.45, 2.75) is 13.2 Å². The molecule has 1 heterocycles. The summed E-state index contributed by atoms with van der Waals surface area (Å²) in [6.07, 6.45) is 0. The molecule has 138 valence electrons. The highest BCUT2D eigenvalue weighted by atomic mass is 35.5. The van der Waals surface area contributed by atoms with E-state index in [-0.39, 0.29) is 11.8 Å². The highest BCUT2D eigenvalue weighted by molar-refractivity contribution is 6.42. The fourth-order valence-electron chi connectivity index (χ4n) is 2.88. The zero-order valence-electron chi connectivity index (χ0n) is 14.3. The van der Waals surface area contributed by atoms with Gasteiger partial charge in [-0.1, -0.05) is 46.9 Å². The number of hydrogen-bond acceptors (Lipinski definition) is 3. The van der Waals surface area contributed by atoms with Gasteiger partial charge in [0.15, 0.2) is 0 Å². The largest absolute Gasteiger partial charge is 0.487 e. The quantitative estimate of drug-likeness (QED) is 0.763. The maximum absolute atomic E-state index is 11.5. The first-order valence-corrected chi connectivity index (χ1v) is 9.38. The third kappa shape index (κ3) is 4.63. The van der Waals surface area contributed by atoms with Crippen molar-refractivity contribution in [1.82, 2.24) is 10.2 Å². The number of nitrogens with one attached hydrogen (secondary N) is 1. The van der Waals surface area contributed by atoms with Crippen LogP contribution in [0.25, 0.3) is 0 Å². The summed E-state index contributed by atoms with van der Waals surface area (Å²) in [4.78, 5) is 13.7. The molecule has 7 heteroatoms. The number of halogens is 3. The van der Waals surface area contributed by atoms with Crippen LogP contribution in [0.3, 0.4) is 0 Å². The minimum atomic E-state index is 0.0873. The molecule has 0 unspecified atom stereocenters. The Balaban J connectivity index is 1.54. The van der Waals surface area contributed by atoms with E-state index in [2.05, 4.69) is 10.2 Å². The van der Waals surface area contributed by atoms with Gasteiger partial charge in [-0.3, -0.25) is 9.69 Å². The van der Waals surface area contributed by atoms with E-state index in [4.69, 9.17) is 39.5 Å². The van der Waals surface area contributed by atoms with Gasteiger partial charge in [-0.2, -0.15) is 0 Å². The second-order valence-electron chi connectivity index (χ2n) is 6.31. The summed E-state index contributed by atoms with van der Waals surface area (Å²) in [6.45, 7) is 2.66. The Morgan fingerprint density at radius 2 is 1.77 bits per heavy atom. The van der Waals surface area contributed by atoms with Crippen LogP contribution in [0.1, 0.15) is 11.1 Å². The van der Waals surface area contributed by atoms with E-state index in [0.29, 0.717) is 27.4 Å². The number of carbonyl (C=O) groups excluding carboxylic acids is 1. The number of amides is 1. The first kappa shape index (κ1) is 19.3. The molecule has 3 rings (SSSR count). The molecule has 26 heavy (non-hydrogen) atoms. The van der Waals surface area contributed by atoms with E-state index in [1.54, 1.807) is 19.2 Å². The molecule has 0 aromatic heterocycles. The molecule has 1 fully saturated rings. The molecule has 0 aliphatic carbocycles. The van der Waals surface area contributed by atoms with Crippen molar-refractivity contribution in [3.63, 3.8) is 0 Å². The molecule has 1 aliphatic heterocycles. The van der Waals surface area contributed by atoms with Crippen molar-refractivity contribution in [3.05, 3.63) is 62.6 Å². The highest BCUT2D eigenvalue weighted by Gasteiger charge is 2.31. The van der Waals surface area contributed by atoms with Crippen molar-refractivity contribution < 1.29 is 9.53 Å². The standard InChI is InChI=1S/C19H19Cl3N2O2/c1-23-19(25)14-9-24(10-14)8-12-3-5-18(17(22)6-12)26-11-13-2-4-15(20)16(21)7-13/h2-7,14H,8-11H2,1H3,(H,23,25).